The predicted octanol–water partition coefficient (Wildman–Crippen LogP) is 4.63. The van der Waals surface area contributed by atoms with Crippen molar-refractivity contribution in [1.82, 2.24) is 5.32 Å². The lowest BCUT2D eigenvalue weighted by atomic mass is 10.0. The van der Waals surface area contributed by atoms with Gasteiger partial charge in [0.25, 0.3) is 0 Å². The van der Waals surface area contributed by atoms with Crippen molar-refractivity contribution < 1.29 is 18.3 Å². The molecule has 1 aliphatic carbocycles. The molecule has 0 spiro atoms. The molecule has 2 fully saturated rings. The van der Waals surface area contributed by atoms with Crippen molar-refractivity contribution in [1.29, 1.82) is 0 Å². The first-order valence-electron chi connectivity index (χ1n) is 10.4. The van der Waals surface area contributed by atoms with Crippen LogP contribution >= 0.6 is 0 Å². The van der Waals surface area contributed by atoms with E-state index in [4.69, 9.17) is 9.47 Å². The highest BCUT2D eigenvalue weighted by molar-refractivity contribution is 5.57. The molecule has 2 aromatic carbocycles. The van der Waals surface area contributed by atoms with Crippen LogP contribution in [-0.4, -0.2) is 38.4 Å². The van der Waals surface area contributed by atoms with Crippen molar-refractivity contribution in [3.63, 3.8) is 0 Å². The summed E-state index contributed by atoms with van der Waals surface area (Å²) in [4.78, 5) is 2.29. The highest BCUT2D eigenvalue weighted by Crippen LogP contribution is 2.36. The first-order valence-corrected chi connectivity index (χ1v) is 10.4. The van der Waals surface area contributed by atoms with Gasteiger partial charge in [0.2, 0.25) is 0 Å². The molecule has 4 rings (SSSR count). The first kappa shape index (κ1) is 20.0. The van der Waals surface area contributed by atoms with Gasteiger partial charge in [0.1, 0.15) is 0 Å². The lowest BCUT2D eigenvalue weighted by Gasteiger charge is -2.35. The van der Waals surface area contributed by atoms with E-state index in [-0.39, 0.29) is 11.9 Å². The summed E-state index contributed by atoms with van der Waals surface area (Å²) in [5.41, 5.74) is 2.29. The van der Waals surface area contributed by atoms with Crippen LogP contribution in [0.3, 0.4) is 0 Å². The number of ether oxygens (including phenoxy) is 2. The van der Waals surface area contributed by atoms with Crippen LogP contribution in [0.5, 0.6) is 11.5 Å². The van der Waals surface area contributed by atoms with Gasteiger partial charge in [-0.3, -0.25) is 0 Å². The third-order valence-corrected chi connectivity index (χ3v) is 5.68. The summed E-state index contributed by atoms with van der Waals surface area (Å²) < 4.78 is 36.4. The average Bonchev–Trinajstić information content (AvgIpc) is 3.23. The standard InChI is InChI=1S/C23H28F2N2O2/c24-23(25)29-21-11-10-19(15-22(21)28-20-8-4-5-9-20)27-13-12-26-18(16-27)14-17-6-2-1-3-7-17/h1-3,6-7,10-11,15,18,20,23,26H,4-5,8-9,12-14,16H2/t18-/m0/s1. The van der Waals surface area contributed by atoms with Gasteiger partial charge in [0, 0.05) is 37.4 Å². The van der Waals surface area contributed by atoms with Gasteiger partial charge in [-0.05, 0) is 49.8 Å². The summed E-state index contributed by atoms with van der Waals surface area (Å²) in [5, 5.41) is 3.58. The Balaban J connectivity index is 1.48. The average molecular weight is 402 g/mol. The molecule has 0 aromatic heterocycles. The topological polar surface area (TPSA) is 33.7 Å². The summed E-state index contributed by atoms with van der Waals surface area (Å²) in [6, 6.07) is 16.1. The molecule has 29 heavy (non-hydrogen) atoms. The lowest BCUT2D eigenvalue weighted by Crippen LogP contribution is -2.51. The van der Waals surface area contributed by atoms with Crippen LogP contribution in [0.1, 0.15) is 31.2 Å². The van der Waals surface area contributed by atoms with Crippen molar-refractivity contribution in [2.45, 2.75) is 50.9 Å². The molecule has 1 aliphatic heterocycles. The summed E-state index contributed by atoms with van der Waals surface area (Å²) in [6.45, 7) is -0.261. The van der Waals surface area contributed by atoms with E-state index in [9.17, 15) is 8.78 Å². The van der Waals surface area contributed by atoms with Gasteiger partial charge in [-0.1, -0.05) is 30.3 Å². The fourth-order valence-electron chi connectivity index (χ4n) is 4.26. The van der Waals surface area contributed by atoms with Gasteiger partial charge >= 0.3 is 6.61 Å². The number of benzene rings is 2. The minimum absolute atomic E-state index is 0.0825. The summed E-state index contributed by atoms with van der Waals surface area (Å²) in [6.07, 6.45) is 5.20. The molecular weight excluding hydrogens is 374 g/mol. The molecule has 2 aromatic rings. The zero-order chi connectivity index (χ0) is 20.1. The van der Waals surface area contributed by atoms with E-state index < -0.39 is 6.61 Å². The van der Waals surface area contributed by atoms with E-state index in [1.807, 2.05) is 18.2 Å². The molecule has 6 heteroatoms. The molecule has 1 saturated carbocycles. The number of hydrogen-bond donors (Lipinski definition) is 1. The van der Waals surface area contributed by atoms with Gasteiger partial charge < -0.3 is 19.7 Å². The zero-order valence-corrected chi connectivity index (χ0v) is 16.5. The van der Waals surface area contributed by atoms with Crippen molar-refractivity contribution >= 4 is 5.69 Å². The molecule has 1 N–H and O–H groups in total. The number of anilines is 1. The van der Waals surface area contributed by atoms with Crippen molar-refractivity contribution in [3.05, 3.63) is 54.1 Å². The first-order chi connectivity index (χ1) is 14.2. The maximum absolute atomic E-state index is 12.8. The molecule has 2 aliphatic rings. The Morgan fingerprint density at radius 1 is 1.03 bits per heavy atom. The van der Waals surface area contributed by atoms with E-state index in [2.05, 4.69) is 34.5 Å². The Morgan fingerprint density at radius 2 is 1.83 bits per heavy atom. The molecule has 1 saturated heterocycles. The fraction of sp³-hybridized carbons (Fsp3) is 0.478. The molecule has 156 valence electrons. The number of alkyl halides is 2. The minimum atomic E-state index is -2.86. The van der Waals surface area contributed by atoms with Gasteiger partial charge in [0.15, 0.2) is 11.5 Å². The van der Waals surface area contributed by atoms with Crippen LogP contribution in [0.25, 0.3) is 0 Å². The van der Waals surface area contributed by atoms with Crippen molar-refractivity contribution in [2.24, 2.45) is 0 Å². The Bertz CT molecular complexity index is 782. The lowest BCUT2D eigenvalue weighted by molar-refractivity contribution is -0.0520. The second kappa shape index (κ2) is 9.44. The summed E-state index contributed by atoms with van der Waals surface area (Å²) in [5.74, 6) is 0.541. The normalized spacial score (nSPS) is 20.2. The molecule has 1 atom stereocenters. The Kier molecular flexibility index (Phi) is 6.49. The molecule has 4 nitrogen and oxygen atoms in total. The maximum atomic E-state index is 12.8. The number of nitrogens with zero attached hydrogens (tertiary/aromatic N) is 1. The van der Waals surface area contributed by atoms with E-state index >= 15 is 0 Å². The van der Waals surface area contributed by atoms with Crippen molar-refractivity contribution in [3.8, 4) is 11.5 Å². The highest BCUT2D eigenvalue weighted by Gasteiger charge is 2.23. The van der Waals surface area contributed by atoms with Crippen LogP contribution in [0.4, 0.5) is 14.5 Å². The monoisotopic (exact) mass is 402 g/mol. The van der Waals surface area contributed by atoms with Crippen molar-refractivity contribution in [2.75, 3.05) is 24.5 Å². The van der Waals surface area contributed by atoms with Crippen LogP contribution in [0.2, 0.25) is 0 Å². The maximum Gasteiger partial charge on any atom is 0.387 e. The van der Waals surface area contributed by atoms with Crippen LogP contribution < -0.4 is 19.7 Å². The number of hydrogen-bond acceptors (Lipinski definition) is 4. The highest BCUT2D eigenvalue weighted by atomic mass is 19.3. The van der Waals surface area contributed by atoms with Crippen LogP contribution in [0, 0.1) is 0 Å². The molecular formula is C23H28F2N2O2. The largest absolute Gasteiger partial charge is 0.486 e. The Morgan fingerprint density at radius 3 is 2.59 bits per heavy atom. The second-order valence-electron chi connectivity index (χ2n) is 7.82. The quantitative estimate of drug-likeness (QED) is 0.732. The predicted molar refractivity (Wildman–Crippen MR) is 110 cm³/mol. The van der Waals surface area contributed by atoms with Crippen LogP contribution in [-0.2, 0) is 6.42 Å². The van der Waals surface area contributed by atoms with Gasteiger partial charge in [-0.25, -0.2) is 0 Å². The van der Waals surface area contributed by atoms with E-state index in [0.717, 1.165) is 57.4 Å². The Labute approximate surface area is 170 Å². The summed E-state index contributed by atoms with van der Waals surface area (Å²) in [7, 11) is 0. The van der Waals surface area contributed by atoms with Crippen LogP contribution in [0.15, 0.2) is 48.5 Å². The third-order valence-electron chi connectivity index (χ3n) is 5.68. The zero-order valence-electron chi connectivity index (χ0n) is 16.5. The number of piperazine rings is 1. The Hall–Kier alpha value is -2.34. The van der Waals surface area contributed by atoms with E-state index in [1.54, 1.807) is 6.07 Å². The molecule has 0 amide bonds. The molecule has 1 heterocycles. The molecule has 0 bridgehead atoms. The SMILES string of the molecule is FC(F)Oc1ccc(N2CCN[C@@H](Cc3ccccc3)C2)cc1OC1CCCC1. The number of rotatable bonds is 7. The number of halogens is 2. The molecule has 0 radical (unpaired) electrons. The minimum Gasteiger partial charge on any atom is -0.486 e. The fourth-order valence-corrected chi connectivity index (χ4v) is 4.26. The van der Waals surface area contributed by atoms with Gasteiger partial charge in [0.05, 0.1) is 6.10 Å². The second-order valence-corrected chi connectivity index (χ2v) is 7.82. The smallest absolute Gasteiger partial charge is 0.387 e. The summed E-state index contributed by atoms with van der Waals surface area (Å²) >= 11 is 0. The number of nitrogens with one attached hydrogen (secondary N) is 1. The van der Waals surface area contributed by atoms with E-state index in [0.29, 0.717) is 11.8 Å². The van der Waals surface area contributed by atoms with E-state index in [1.165, 1.54) is 5.56 Å². The van der Waals surface area contributed by atoms with Gasteiger partial charge in [-0.15, -0.1) is 0 Å². The molecule has 0 unspecified atom stereocenters. The third kappa shape index (κ3) is 5.38. The van der Waals surface area contributed by atoms with Gasteiger partial charge in [-0.2, -0.15) is 8.78 Å².